The molecule has 0 amide bonds. The first kappa shape index (κ1) is 12.4. The second-order valence-corrected chi connectivity index (χ2v) is 3.67. The summed E-state index contributed by atoms with van der Waals surface area (Å²) in [6.45, 7) is 1.74. The van der Waals surface area contributed by atoms with Crippen molar-refractivity contribution in [1.29, 1.82) is 0 Å². The predicted molar refractivity (Wildman–Crippen MR) is 51.4 cm³/mol. The van der Waals surface area contributed by atoms with Crippen molar-refractivity contribution in [2.45, 2.75) is 18.3 Å². The quantitative estimate of drug-likeness (QED) is 0.565. The summed E-state index contributed by atoms with van der Waals surface area (Å²) in [7, 11) is 3.15. The molecule has 6 heteroatoms. The van der Waals surface area contributed by atoms with Crippen LogP contribution in [-0.2, 0) is 14.3 Å². The molecule has 2 N–H and O–H groups in total. The smallest absolute Gasteiger partial charge is 0.332 e. The fourth-order valence-electron chi connectivity index (χ4n) is 1.56. The summed E-state index contributed by atoms with van der Waals surface area (Å²) in [6.07, 6.45) is -1.07. The Bertz CT molecular complexity index is 221. The van der Waals surface area contributed by atoms with E-state index in [1.165, 1.54) is 0 Å². The molecule has 0 aromatic heterocycles. The molecule has 15 heavy (non-hydrogen) atoms. The zero-order chi connectivity index (χ0) is 11.5. The fraction of sp³-hybridized carbons (Fsp3) is 0.889. The summed E-state index contributed by atoms with van der Waals surface area (Å²) in [5, 5.41) is 17.5. The molecule has 1 aliphatic rings. The molecule has 6 nitrogen and oxygen atoms in total. The number of methoxy groups -OCH3 is 2. The number of carbonyl (C=O) groups is 1. The Labute approximate surface area is 88.4 Å². The van der Waals surface area contributed by atoms with E-state index in [2.05, 4.69) is 0 Å². The number of hydrogen-bond acceptors (Lipinski definition) is 5. The average molecular weight is 219 g/mol. The van der Waals surface area contributed by atoms with E-state index in [4.69, 9.17) is 19.7 Å². The van der Waals surface area contributed by atoms with Gasteiger partial charge in [-0.25, -0.2) is 4.79 Å². The predicted octanol–water partition coefficient (Wildman–Crippen LogP) is -0.873. The highest BCUT2D eigenvalue weighted by Gasteiger charge is 2.43. The highest BCUT2D eigenvalue weighted by molar-refractivity contribution is 5.71. The SMILES string of the molecule is COC1(OC)CN(CCC(O)C(=O)O)C1. The van der Waals surface area contributed by atoms with Gasteiger partial charge >= 0.3 is 5.97 Å². The second-order valence-electron chi connectivity index (χ2n) is 3.67. The molecule has 1 rings (SSSR count). The van der Waals surface area contributed by atoms with Crippen molar-refractivity contribution >= 4 is 5.97 Å². The molecule has 1 aliphatic heterocycles. The van der Waals surface area contributed by atoms with Crippen LogP contribution in [0.4, 0.5) is 0 Å². The number of carboxylic acids is 1. The van der Waals surface area contributed by atoms with Crippen molar-refractivity contribution in [1.82, 2.24) is 4.90 Å². The maximum atomic E-state index is 10.3. The van der Waals surface area contributed by atoms with Crippen molar-refractivity contribution in [3.8, 4) is 0 Å². The summed E-state index contributed by atoms with van der Waals surface area (Å²) in [6, 6.07) is 0. The topological polar surface area (TPSA) is 79.2 Å². The van der Waals surface area contributed by atoms with Crippen LogP contribution in [0.15, 0.2) is 0 Å². The molecule has 0 aromatic carbocycles. The monoisotopic (exact) mass is 219 g/mol. The number of ether oxygens (including phenoxy) is 2. The largest absolute Gasteiger partial charge is 0.479 e. The molecule has 1 fully saturated rings. The lowest BCUT2D eigenvalue weighted by molar-refractivity contribution is -0.275. The molecule has 0 spiro atoms. The first-order chi connectivity index (χ1) is 7.03. The molecule has 0 aromatic rings. The van der Waals surface area contributed by atoms with E-state index >= 15 is 0 Å². The molecule has 0 saturated carbocycles. The normalized spacial score (nSPS) is 22.1. The number of aliphatic hydroxyl groups is 1. The maximum Gasteiger partial charge on any atom is 0.332 e. The van der Waals surface area contributed by atoms with Crippen LogP contribution in [0.3, 0.4) is 0 Å². The van der Waals surface area contributed by atoms with Crippen molar-refractivity contribution in [2.24, 2.45) is 0 Å². The third kappa shape index (κ3) is 2.88. The minimum absolute atomic E-state index is 0.221. The number of nitrogens with zero attached hydrogens (tertiary/aromatic N) is 1. The van der Waals surface area contributed by atoms with E-state index < -0.39 is 17.9 Å². The molecular weight excluding hydrogens is 202 g/mol. The Hall–Kier alpha value is -0.690. The second kappa shape index (κ2) is 4.89. The van der Waals surface area contributed by atoms with E-state index in [9.17, 15) is 4.79 Å². The van der Waals surface area contributed by atoms with Gasteiger partial charge in [-0.3, -0.25) is 4.90 Å². The van der Waals surface area contributed by atoms with Gasteiger partial charge in [-0.15, -0.1) is 0 Å². The lowest BCUT2D eigenvalue weighted by Gasteiger charge is -2.47. The number of aliphatic hydroxyl groups excluding tert-OH is 1. The van der Waals surface area contributed by atoms with Crippen molar-refractivity contribution in [3.05, 3.63) is 0 Å². The van der Waals surface area contributed by atoms with Crippen molar-refractivity contribution in [2.75, 3.05) is 33.9 Å². The molecule has 1 heterocycles. The summed E-state index contributed by atoms with van der Waals surface area (Å²) in [4.78, 5) is 12.3. The van der Waals surface area contributed by atoms with Crippen LogP contribution in [0.5, 0.6) is 0 Å². The van der Waals surface area contributed by atoms with Gasteiger partial charge in [0, 0.05) is 20.8 Å². The summed E-state index contributed by atoms with van der Waals surface area (Å²) in [5.41, 5.74) is 0. The van der Waals surface area contributed by atoms with Crippen LogP contribution in [0.2, 0.25) is 0 Å². The first-order valence-corrected chi connectivity index (χ1v) is 4.76. The van der Waals surface area contributed by atoms with E-state index in [0.717, 1.165) is 0 Å². The Kier molecular flexibility index (Phi) is 4.04. The van der Waals surface area contributed by atoms with Crippen LogP contribution >= 0.6 is 0 Å². The van der Waals surface area contributed by atoms with E-state index in [1.807, 2.05) is 4.90 Å². The van der Waals surface area contributed by atoms with E-state index in [-0.39, 0.29) is 6.42 Å². The van der Waals surface area contributed by atoms with Crippen molar-refractivity contribution < 1.29 is 24.5 Å². The van der Waals surface area contributed by atoms with Gasteiger partial charge in [-0.1, -0.05) is 0 Å². The maximum absolute atomic E-state index is 10.3. The molecular formula is C9H17NO5. The van der Waals surface area contributed by atoms with Crippen LogP contribution in [0.1, 0.15) is 6.42 Å². The van der Waals surface area contributed by atoms with Gasteiger partial charge in [0.1, 0.15) is 0 Å². The van der Waals surface area contributed by atoms with Gasteiger partial charge in [0.25, 0.3) is 0 Å². The van der Waals surface area contributed by atoms with E-state index in [1.54, 1.807) is 14.2 Å². The number of rotatable bonds is 6. The standard InChI is InChI=1S/C9H17NO5/c1-14-9(15-2)5-10(6-9)4-3-7(11)8(12)13/h7,11H,3-6H2,1-2H3,(H,12,13). The Morgan fingerprint density at radius 3 is 2.40 bits per heavy atom. The fourth-order valence-corrected chi connectivity index (χ4v) is 1.56. The molecule has 1 atom stereocenters. The van der Waals surface area contributed by atoms with Gasteiger partial charge in [-0.2, -0.15) is 0 Å². The minimum Gasteiger partial charge on any atom is -0.479 e. The molecule has 1 unspecified atom stereocenters. The molecule has 88 valence electrons. The third-order valence-electron chi connectivity index (χ3n) is 2.68. The van der Waals surface area contributed by atoms with Gasteiger partial charge in [0.05, 0.1) is 13.1 Å². The summed E-state index contributed by atoms with van der Waals surface area (Å²) in [5.74, 6) is -1.73. The first-order valence-electron chi connectivity index (χ1n) is 4.76. The Morgan fingerprint density at radius 1 is 1.47 bits per heavy atom. The van der Waals surface area contributed by atoms with E-state index in [0.29, 0.717) is 19.6 Å². The Morgan fingerprint density at radius 2 is 2.00 bits per heavy atom. The zero-order valence-corrected chi connectivity index (χ0v) is 8.97. The zero-order valence-electron chi connectivity index (χ0n) is 8.97. The molecule has 0 bridgehead atoms. The number of carboxylic acid groups (broad SMARTS) is 1. The Balaban J connectivity index is 2.20. The van der Waals surface area contributed by atoms with Crippen LogP contribution in [-0.4, -0.2) is 66.8 Å². The highest BCUT2D eigenvalue weighted by Crippen LogP contribution is 2.25. The number of aliphatic carboxylic acids is 1. The molecule has 1 saturated heterocycles. The lowest BCUT2D eigenvalue weighted by atomic mass is 10.1. The molecule has 0 radical (unpaired) electrons. The van der Waals surface area contributed by atoms with Gasteiger partial charge in [0.2, 0.25) is 0 Å². The average Bonchev–Trinajstić information content (AvgIpc) is 2.16. The van der Waals surface area contributed by atoms with Crippen LogP contribution in [0.25, 0.3) is 0 Å². The lowest BCUT2D eigenvalue weighted by Crippen LogP contribution is -2.64. The summed E-state index contributed by atoms with van der Waals surface area (Å²) >= 11 is 0. The van der Waals surface area contributed by atoms with Crippen LogP contribution < -0.4 is 0 Å². The molecule has 0 aliphatic carbocycles. The summed E-state index contributed by atoms with van der Waals surface area (Å²) < 4.78 is 10.3. The highest BCUT2D eigenvalue weighted by atomic mass is 16.7. The van der Waals surface area contributed by atoms with Crippen molar-refractivity contribution in [3.63, 3.8) is 0 Å². The van der Waals surface area contributed by atoms with Crippen LogP contribution in [0, 0.1) is 0 Å². The third-order valence-corrected chi connectivity index (χ3v) is 2.68. The minimum atomic E-state index is -1.29. The van der Waals surface area contributed by atoms with Gasteiger partial charge < -0.3 is 19.7 Å². The van der Waals surface area contributed by atoms with Gasteiger partial charge in [0.15, 0.2) is 11.9 Å². The van der Waals surface area contributed by atoms with Gasteiger partial charge in [-0.05, 0) is 6.42 Å². The number of likely N-dealkylation sites (tertiary alicyclic amines) is 1. The number of hydrogen-bond donors (Lipinski definition) is 2.